The summed E-state index contributed by atoms with van der Waals surface area (Å²) in [5, 5.41) is 20.6. The molecule has 1 aromatic heterocycles. The Morgan fingerprint density at radius 2 is 2.12 bits per heavy atom. The van der Waals surface area contributed by atoms with E-state index in [1.807, 2.05) is 6.92 Å². The Kier molecular flexibility index (Phi) is 7.00. The van der Waals surface area contributed by atoms with Gasteiger partial charge in [0.25, 0.3) is 0 Å². The minimum atomic E-state index is -1.41. The number of Topliss-reactive ketones (excluding diaryl/α,β-unsaturated/α-hetero) is 1. The SMILES string of the molecule is COc1cc(C(=O)CCC(C)(O)c2cc3c(c(Cl)n2)OCC3(C)N)ccc1OC[C@@H](C)O. The monoisotopic (exact) mass is 464 g/mol. The summed E-state index contributed by atoms with van der Waals surface area (Å²) >= 11 is 6.25. The third-order valence-electron chi connectivity index (χ3n) is 5.42. The number of rotatable bonds is 9. The fourth-order valence-corrected chi connectivity index (χ4v) is 3.69. The third kappa shape index (κ3) is 5.15. The number of aliphatic hydroxyl groups is 2. The van der Waals surface area contributed by atoms with E-state index in [1.165, 1.54) is 7.11 Å². The highest BCUT2D eigenvalue weighted by Gasteiger charge is 2.37. The molecule has 3 atom stereocenters. The Morgan fingerprint density at radius 3 is 2.78 bits per heavy atom. The Labute approximate surface area is 192 Å². The molecule has 3 rings (SSSR count). The lowest BCUT2D eigenvalue weighted by atomic mass is 9.89. The van der Waals surface area contributed by atoms with Crippen LogP contribution < -0.4 is 19.9 Å². The van der Waals surface area contributed by atoms with Gasteiger partial charge in [-0.05, 0) is 51.5 Å². The van der Waals surface area contributed by atoms with Crippen molar-refractivity contribution in [3.05, 3.63) is 46.2 Å². The van der Waals surface area contributed by atoms with Gasteiger partial charge in [-0.2, -0.15) is 0 Å². The van der Waals surface area contributed by atoms with Crippen molar-refractivity contribution >= 4 is 17.4 Å². The van der Waals surface area contributed by atoms with Crippen LogP contribution in [0.25, 0.3) is 0 Å². The largest absolute Gasteiger partial charge is 0.493 e. The lowest BCUT2D eigenvalue weighted by Gasteiger charge is -2.24. The summed E-state index contributed by atoms with van der Waals surface area (Å²) in [5.74, 6) is 1.07. The van der Waals surface area contributed by atoms with E-state index in [0.29, 0.717) is 34.1 Å². The second kappa shape index (κ2) is 9.23. The number of halogens is 1. The molecule has 2 heterocycles. The number of aliphatic hydroxyl groups excluding tert-OH is 1. The van der Waals surface area contributed by atoms with Crippen molar-refractivity contribution < 1.29 is 29.2 Å². The molecule has 8 nitrogen and oxygen atoms in total. The molecule has 0 aliphatic carbocycles. The number of carbonyl (C=O) groups is 1. The minimum absolute atomic E-state index is 0.0663. The van der Waals surface area contributed by atoms with Crippen LogP contribution in [0.2, 0.25) is 5.15 Å². The van der Waals surface area contributed by atoms with Gasteiger partial charge in [0.05, 0.1) is 24.4 Å². The van der Waals surface area contributed by atoms with Crippen LogP contribution in [0.3, 0.4) is 0 Å². The average Bonchev–Trinajstić information content (AvgIpc) is 3.05. The zero-order chi connectivity index (χ0) is 23.7. The summed E-state index contributed by atoms with van der Waals surface area (Å²) in [6.45, 7) is 5.39. The first-order valence-corrected chi connectivity index (χ1v) is 10.7. The summed E-state index contributed by atoms with van der Waals surface area (Å²) in [6.07, 6.45) is -0.441. The Morgan fingerprint density at radius 1 is 1.41 bits per heavy atom. The summed E-state index contributed by atoms with van der Waals surface area (Å²) in [5.41, 5.74) is 5.55. The van der Waals surface area contributed by atoms with Gasteiger partial charge >= 0.3 is 0 Å². The molecular formula is C23H29ClN2O6. The van der Waals surface area contributed by atoms with E-state index in [-0.39, 0.29) is 37.0 Å². The molecule has 0 saturated heterocycles. The quantitative estimate of drug-likeness (QED) is 0.382. The molecule has 1 aromatic carbocycles. The van der Waals surface area contributed by atoms with Crippen LogP contribution in [0.4, 0.5) is 0 Å². The second-order valence-electron chi connectivity index (χ2n) is 8.60. The number of ketones is 1. The first-order chi connectivity index (χ1) is 14.9. The molecule has 0 spiro atoms. The molecule has 4 N–H and O–H groups in total. The molecule has 0 bridgehead atoms. The maximum atomic E-state index is 12.8. The smallest absolute Gasteiger partial charge is 0.171 e. The number of benzene rings is 1. The topological polar surface area (TPSA) is 124 Å². The Hall–Kier alpha value is -2.39. The lowest BCUT2D eigenvalue weighted by Crippen LogP contribution is -2.35. The number of methoxy groups -OCH3 is 1. The fourth-order valence-electron chi connectivity index (χ4n) is 3.44. The van der Waals surface area contributed by atoms with Crippen LogP contribution in [-0.4, -0.2) is 47.4 Å². The zero-order valence-corrected chi connectivity index (χ0v) is 19.4. The van der Waals surface area contributed by atoms with Gasteiger partial charge in [0, 0.05) is 17.5 Å². The minimum Gasteiger partial charge on any atom is -0.493 e. The van der Waals surface area contributed by atoms with Crippen LogP contribution in [-0.2, 0) is 11.1 Å². The average molecular weight is 465 g/mol. The molecule has 2 aromatic rings. The van der Waals surface area contributed by atoms with E-state index in [2.05, 4.69) is 4.98 Å². The summed E-state index contributed by atoms with van der Waals surface area (Å²) in [6, 6.07) is 6.52. The van der Waals surface area contributed by atoms with Crippen LogP contribution in [0, 0.1) is 0 Å². The highest BCUT2D eigenvalue weighted by atomic mass is 35.5. The van der Waals surface area contributed by atoms with E-state index in [0.717, 1.165) is 0 Å². The number of nitrogens with two attached hydrogens (primary N) is 1. The number of fused-ring (bicyclic) bond motifs is 1. The molecule has 0 amide bonds. The standard InChI is InChI=1S/C23H29ClN2O6/c1-13(27)11-31-17-6-5-14(9-18(17)30-4)16(28)7-8-23(3,29)19-10-15-20(21(24)26-19)32-12-22(15,2)25/h5-6,9-10,13,27,29H,7-8,11-12,25H2,1-4H3/t13-,22?,23?/m1/s1. The number of carbonyl (C=O) groups excluding carboxylic acids is 1. The van der Waals surface area contributed by atoms with Crippen molar-refractivity contribution in [1.29, 1.82) is 0 Å². The number of ether oxygens (including phenoxy) is 3. The molecule has 174 valence electrons. The highest BCUT2D eigenvalue weighted by molar-refractivity contribution is 6.31. The summed E-state index contributed by atoms with van der Waals surface area (Å²) in [7, 11) is 1.47. The molecule has 1 aliphatic rings. The molecule has 0 radical (unpaired) electrons. The first-order valence-electron chi connectivity index (χ1n) is 10.3. The second-order valence-corrected chi connectivity index (χ2v) is 8.96. The van der Waals surface area contributed by atoms with Crippen molar-refractivity contribution in [2.24, 2.45) is 5.73 Å². The van der Waals surface area contributed by atoms with Gasteiger partial charge < -0.3 is 30.2 Å². The number of aromatic nitrogens is 1. The van der Waals surface area contributed by atoms with Gasteiger partial charge in [-0.3, -0.25) is 4.79 Å². The van der Waals surface area contributed by atoms with Crippen LogP contribution >= 0.6 is 11.6 Å². The van der Waals surface area contributed by atoms with E-state index in [1.54, 1.807) is 38.1 Å². The predicted molar refractivity (Wildman–Crippen MR) is 120 cm³/mol. The number of hydrogen-bond donors (Lipinski definition) is 3. The van der Waals surface area contributed by atoms with Gasteiger partial charge in [-0.25, -0.2) is 4.98 Å². The predicted octanol–water partition coefficient (Wildman–Crippen LogP) is 2.94. The Bertz CT molecular complexity index is 1010. The van der Waals surface area contributed by atoms with Gasteiger partial charge in [0.1, 0.15) is 18.8 Å². The number of hydrogen-bond acceptors (Lipinski definition) is 8. The van der Waals surface area contributed by atoms with E-state index in [4.69, 9.17) is 31.5 Å². The molecule has 0 saturated carbocycles. The lowest BCUT2D eigenvalue weighted by molar-refractivity contribution is 0.0396. The van der Waals surface area contributed by atoms with E-state index < -0.39 is 17.2 Å². The fraction of sp³-hybridized carbons (Fsp3) is 0.478. The van der Waals surface area contributed by atoms with Crippen molar-refractivity contribution in [2.45, 2.75) is 50.9 Å². The van der Waals surface area contributed by atoms with Crippen LogP contribution in [0.1, 0.15) is 55.2 Å². The number of nitrogens with zero attached hydrogens (tertiary/aromatic N) is 1. The van der Waals surface area contributed by atoms with Crippen LogP contribution in [0.5, 0.6) is 17.2 Å². The van der Waals surface area contributed by atoms with E-state index in [9.17, 15) is 15.0 Å². The summed E-state index contributed by atoms with van der Waals surface area (Å²) < 4.78 is 16.3. The Balaban J connectivity index is 1.74. The number of pyridine rings is 1. The molecular weight excluding hydrogens is 436 g/mol. The highest BCUT2D eigenvalue weighted by Crippen LogP contribution is 2.42. The maximum Gasteiger partial charge on any atom is 0.171 e. The maximum absolute atomic E-state index is 12.8. The molecule has 1 aliphatic heterocycles. The van der Waals surface area contributed by atoms with E-state index >= 15 is 0 Å². The molecule has 0 fully saturated rings. The van der Waals surface area contributed by atoms with Crippen molar-refractivity contribution in [1.82, 2.24) is 4.98 Å². The normalized spacial score (nSPS) is 20.1. The van der Waals surface area contributed by atoms with Gasteiger partial charge in [0.15, 0.2) is 28.2 Å². The van der Waals surface area contributed by atoms with Gasteiger partial charge in [-0.15, -0.1) is 0 Å². The summed E-state index contributed by atoms with van der Waals surface area (Å²) in [4.78, 5) is 17.1. The molecule has 9 heteroatoms. The van der Waals surface area contributed by atoms with Crippen molar-refractivity contribution in [2.75, 3.05) is 20.3 Å². The van der Waals surface area contributed by atoms with Crippen molar-refractivity contribution in [3.8, 4) is 17.2 Å². The van der Waals surface area contributed by atoms with Gasteiger partial charge in [0.2, 0.25) is 0 Å². The zero-order valence-electron chi connectivity index (χ0n) is 18.6. The van der Waals surface area contributed by atoms with Crippen molar-refractivity contribution in [3.63, 3.8) is 0 Å². The van der Waals surface area contributed by atoms with Gasteiger partial charge in [-0.1, -0.05) is 11.6 Å². The molecule has 2 unspecified atom stereocenters. The molecule has 32 heavy (non-hydrogen) atoms. The first kappa shape index (κ1) is 24.3. The van der Waals surface area contributed by atoms with Crippen LogP contribution in [0.15, 0.2) is 24.3 Å². The third-order valence-corrected chi connectivity index (χ3v) is 5.68.